The van der Waals surface area contributed by atoms with E-state index < -0.39 is 4.92 Å². The van der Waals surface area contributed by atoms with Gasteiger partial charge in [0.1, 0.15) is 11.3 Å². The summed E-state index contributed by atoms with van der Waals surface area (Å²) in [4.78, 5) is 22.7. The fraction of sp³-hybridized carbons (Fsp3) is 0.167. The number of nitrogens with zero attached hydrogens (tertiary/aromatic N) is 3. The van der Waals surface area contributed by atoms with E-state index in [1.54, 1.807) is 36.4 Å². The minimum absolute atomic E-state index is 0.0294. The van der Waals surface area contributed by atoms with Crippen LogP contribution in [0.2, 0.25) is 0 Å². The van der Waals surface area contributed by atoms with Crippen LogP contribution < -0.4 is 10.1 Å². The molecular weight excluding hydrogens is 384 g/mol. The Kier molecular flexibility index (Phi) is 6.22. The van der Waals surface area contributed by atoms with Gasteiger partial charge in [0.15, 0.2) is 0 Å². The van der Waals surface area contributed by atoms with Crippen molar-refractivity contribution in [1.29, 1.82) is 0 Å². The third-order valence-electron chi connectivity index (χ3n) is 3.51. The van der Waals surface area contributed by atoms with E-state index in [1.807, 2.05) is 6.92 Å². The Morgan fingerprint density at radius 2 is 1.96 bits per heavy atom. The number of para-hydroxylation sites is 1. The van der Waals surface area contributed by atoms with Crippen LogP contribution in [0.5, 0.6) is 5.75 Å². The number of amides is 1. The van der Waals surface area contributed by atoms with Crippen LogP contribution in [-0.4, -0.2) is 33.4 Å². The number of thioether (sulfide) groups is 1. The number of benzene rings is 2. The summed E-state index contributed by atoms with van der Waals surface area (Å²) in [6, 6.07) is 13.1. The van der Waals surface area contributed by atoms with Crippen LogP contribution in [-0.2, 0) is 4.79 Å². The number of carbonyl (C=O) groups excluding carboxylic acids is 1. The molecule has 0 radical (unpaired) electrons. The highest BCUT2D eigenvalue weighted by Crippen LogP contribution is 2.30. The van der Waals surface area contributed by atoms with E-state index in [2.05, 4.69) is 15.5 Å². The molecule has 2 aromatic carbocycles. The average molecular weight is 400 g/mol. The van der Waals surface area contributed by atoms with E-state index in [0.29, 0.717) is 12.3 Å². The molecule has 9 nitrogen and oxygen atoms in total. The van der Waals surface area contributed by atoms with Gasteiger partial charge in [0, 0.05) is 11.8 Å². The first-order chi connectivity index (χ1) is 13.6. The average Bonchev–Trinajstić information content (AvgIpc) is 3.17. The molecule has 1 aromatic heterocycles. The van der Waals surface area contributed by atoms with Gasteiger partial charge in [0.05, 0.1) is 17.3 Å². The maximum atomic E-state index is 12.1. The van der Waals surface area contributed by atoms with Gasteiger partial charge in [0.2, 0.25) is 5.91 Å². The molecule has 0 saturated heterocycles. The zero-order chi connectivity index (χ0) is 19.9. The van der Waals surface area contributed by atoms with E-state index in [9.17, 15) is 14.9 Å². The largest absolute Gasteiger partial charge is 0.494 e. The topological polar surface area (TPSA) is 120 Å². The molecular formula is C18H16N4O5S. The number of carbonyl (C=O) groups is 1. The number of nitrogens with one attached hydrogen (secondary N) is 1. The number of rotatable bonds is 8. The number of aromatic nitrogens is 2. The SMILES string of the molecule is CCOc1ccc(NC(=O)CSc2nnc(-c3ccccc3[N+](=O)[O-])o2)cc1. The van der Waals surface area contributed by atoms with Crippen molar-refractivity contribution in [3.8, 4) is 17.2 Å². The summed E-state index contributed by atoms with van der Waals surface area (Å²) in [5, 5.41) is 21.7. The molecule has 0 unspecified atom stereocenters. The number of anilines is 1. The van der Waals surface area contributed by atoms with Gasteiger partial charge >= 0.3 is 0 Å². The van der Waals surface area contributed by atoms with Crippen LogP contribution in [0.25, 0.3) is 11.5 Å². The summed E-state index contributed by atoms with van der Waals surface area (Å²) in [6.07, 6.45) is 0. The molecule has 144 valence electrons. The second kappa shape index (κ2) is 9.00. The predicted octanol–water partition coefficient (Wildman–Crippen LogP) is 3.77. The van der Waals surface area contributed by atoms with Crippen molar-refractivity contribution >= 4 is 29.0 Å². The van der Waals surface area contributed by atoms with Gasteiger partial charge in [-0.25, -0.2) is 0 Å². The molecule has 0 fully saturated rings. The number of nitro benzene ring substituents is 1. The quantitative estimate of drug-likeness (QED) is 0.345. The highest BCUT2D eigenvalue weighted by atomic mass is 32.2. The first kappa shape index (κ1) is 19.4. The van der Waals surface area contributed by atoms with Crippen molar-refractivity contribution in [2.75, 3.05) is 17.7 Å². The Balaban J connectivity index is 1.58. The van der Waals surface area contributed by atoms with E-state index in [4.69, 9.17) is 9.15 Å². The van der Waals surface area contributed by atoms with Crippen LogP contribution in [0.15, 0.2) is 58.2 Å². The Morgan fingerprint density at radius 3 is 2.68 bits per heavy atom. The van der Waals surface area contributed by atoms with Crippen molar-refractivity contribution in [2.45, 2.75) is 12.1 Å². The fourth-order valence-corrected chi connectivity index (χ4v) is 2.88. The maximum Gasteiger partial charge on any atom is 0.282 e. The zero-order valence-electron chi connectivity index (χ0n) is 14.8. The van der Waals surface area contributed by atoms with Gasteiger partial charge in [-0.1, -0.05) is 23.9 Å². The van der Waals surface area contributed by atoms with Crippen molar-refractivity contribution in [3.63, 3.8) is 0 Å². The second-order valence-corrected chi connectivity index (χ2v) is 6.37. The molecule has 0 aliphatic carbocycles. The molecule has 10 heteroatoms. The summed E-state index contributed by atoms with van der Waals surface area (Å²) in [7, 11) is 0. The number of ether oxygens (including phenoxy) is 1. The van der Waals surface area contributed by atoms with Gasteiger partial charge in [-0.15, -0.1) is 10.2 Å². The molecule has 0 aliphatic rings. The normalized spacial score (nSPS) is 10.5. The van der Waals surface area contributed by atoms with Crippen molar-refractivity contribution < 1.29 is 18.9 Å². The van der Waals surface area contributed by atoms with E-state index >= 15 is 0 Å². The number of nitro groups is 1. The molecule has 0 spiro atoms. The summed E-state index contributed by atoms with van der Waals surface area (Å²) >= 11 is 1.04. The highest BCUT2D eigenvalue weighted by molar-refractivity contribution is 7.99. The Morgan fingerprint density at radius 1 is 1.21 bits per heavy atom. The zero-order valence-corrected chi connectivity index (χ0v) is 15.6. The standard InChI is InChI=1S/C18H16N4O5S/c1-2-26-13-9-7-12(8-10-13)19-16(23)11-28-18-21-20-17(27-18)14-5-3-4-6-15(14)22(24)25/h3-10H,2,11H2,1H3,(H,19,23). The highest BCUT2D eigenvalue weighted by Gasteiger charge is 2.20. The Bertz CT molecular complexity index is 974. The van der Waals surface area contributed by atoms with E-state index in [0.717, 1.165) is 17.5 Å². The first-order valence-electron chi connectivity index (χ1n) is 8.29. The van der Waals surface area contributed by atoms with Crippen LogP contribution >= 0.6 is 11.8 Å². The van der Waals surface area contributed by atoms with E-state index in [1.165, 1.54) is 12.1 Å². The maximum absolute atomic E-state index is 12.1. The van der Waals surface area contributed by atoms with Gasteiger partial charge in [-0.3, -0.25) is 14.9 Å². The molecule has 0 aliphatic heterocycles. The molecule has 3 rings (SSSR count). The molecule has 1 N–H and O–H groups in total. The summed E-state index contributed by atoms with van der Waals surface area (Å²) in [5.74, 6) is 0.552. The smallest absolute Gasteiger partial charge is 0.282 e. The Labute approximate surface area is 164 Å². The van der Waals surface area contributed by atoms with Crippen molar-refractivity contribution in [3.05, 3.63) is 58.6 Å². The van der Waals surface area contributed by atoms with Gasteiger partial charge in [-0.05, 0) is 37.3 Å². The fourth-order valence-electron chi connectivity index (χ4n) is 2.32. The molecule has 0 atom stereocenters. The second-order valence-electron chi connectivity index (χ2n) is 5.44. The lowest BCUT2D eigenvalue weighted by atomic mass is 10.2. The van der Waals surface area contributed by atoms with Crippen LogP contribution in [0.4, 0.5) is 11.4 Å². The summed E-state index contributed by atoms with van der Waals surface area (Å²) < 4.78 is 10.8. The molecule has 1 amide bonds. The van der Waals surface area contributed by atoms with Crippen LogP contribution in [0.1, 0.15) is 6.92 Å². The van der Waals surface area contributed by atoms with Crippen molar-refractivity contribution in [2.24, 2.45) is 0 Å². The molecule has 0 bridgehead atoms. The van der Waals surface area contributed by atoms with E-state index in [-0.39, 0.29) is 34.0 Å². The van der Waals surface area contributed by atoms with Crippen LogP contribution in [0, 0.1) is 10.1 Å². The minimum Gasteiger partial charge on any atom is -0.494 e. The number of hydrogen-bond donors (Lipinski definition) is 1. The van der Waals surface area contributed by atoms with Crippen molar-refractivity contribution in [1.82, 2.24) is 10.2 Å². The lowest BCUT2D eigenvalue weighted by Gasteiger charge is -2.06. The predicted molar refractivity (Wildman–Crippen MR) is 103 cm³/mol. The number of hydrogen-bond acceptors (Lipinski definition) is 8. The third-order valence-corrected chi connectivity index (χ3v) is 4.33. The minimum atomic E-state index is -0.517. The molecule has 28 heavy (non-hydrogen) atoms. The van der Waals surface area contributed by atoms with Gasteiger partial charge in [0.25, 0.3) is 16.8 Å². The molecule has 3 aromatic rings. The van der Waals surface area contributed by atoms with Gasteiger partial charge < -0.3 is 14.5 Å². The summed E-state index contributed by atoms with van der Waals surface area (Å²) in [5.41, 5.74) is 0.738. The van der Waals surface area contributed by atoms with Crippen LogP contribution in [0.3, 0.4) is 0 Å². The first-order valence-corrected chi connectivity index (χ1v) is 9.28. The third kappa shape index (κ3) is 4.86. The lowest BCUT2D eigenvalue weighted by molar-refractivity contribution is -0.384. The molecule has 0 saturated carbocycles. The summed E-state index contributed by atoms with van der Waals surface area (Å²) in [6.45, 7) is 2.46. The Hall–Kier alpha value is -3.40. The monoisotopic (exact) mass is 400 g/mol. The van der Waals surface area contributed by atoms with Gasteiger partial charge in [-0.2, -0.15) is 0 Å². The molecule has 1 heterocycles. The lowest BCUT2D eigenvalue weighted by Crippen LogP contribution is -2.13.